The van der Waals surface area contributed by atoms with Gasteiger partial charge >= 0.3 is 0 Å². The van der Waals surface area contributed by atoms with Gasteiger partial charge in [-0.3, -0.25) is 0 Å². The highest BCUT2D eigenvalue weighted by molar-refractivity contribution is 6.04. The van der Waals surface area contributed by atoms with Crippen molar-refractivity contribution in [3.05, 3.63) is 188 Å². The summed E-state index contributed by atoms with van der Waals surface area (Å²) >= 11 is 0. The Hall–Kier alpha value is -6.71. The molecule has 0 unspecified atom stereocenters. The summed E-state index contributed by atoms with van der Waals surface area (Å²) in [5.74, 6) is 1.92. The Morgan fingerprint density at radius 2 is 0.600 bits per heavy atom. The minimum atomic E-state index is 0.636. The van der Waals surface area contributed by atoms with E-state index in [0.29, 0.717) is 17.5 Å². The standard InChI is InChI=1S/C47H31N3/c1-3-14-32(15-4-1)40-26-12-29-44-42(27-13-28-43(40)44)36-21-10-23-38(31-36)47-49-45(34-17-5-2-6-18-34)48-46(50-47)37-22-9-20-35(30-37)41-25-11-19-33-16-7-8-24-39(33)41/h1-31H. The average molecular weight is 638 g/mol. The molecular formula is C47H31N3. The van der Waals surface area contributed by atoms with Gasteiger partial charge in [-0.1, -0.05) is 176 Å². The van der Waals surface area contributed by atoms with E-state index in [1.165, 1.54) is 43.8 Å². The van der Waals surface area contributed by atoms with E-state index in [0.717, 1.165) is 27.8 Å². The Morgan fingerprint density at radius 1 is 0.240 bits per heavy atom. The maximum atomic E-state index is 5.13. The summed E-state index contributed by atoms with van der Waals surface area (Å²) in [6.45, 7) is 0. The second kappa shape index (κ2) is 12.7. The largest absolute Gasteiger partial charge is 0.208 e. The normalized spacial score (nSPS) is 11.2. The summed E-state index contributed by atoms with van der Waals surface area (Å²) in [7, 11) is 0. The van der Waals surface area contributed by atoms with E-state index >= 15 is 0 Å². The van der Waals surface area contributed by atoms with Gasteiger partial charge in [-0.15, -0.1) is 0 Å². The van der Waals surface area contributed by atoms with E-state index in [9.17, 15) is 0 Å². The fourth-order valence-electron chi connectivity index (χ4n) is 6.91. The van der Waals surface area contributed by atoms with Crippen LogP contribution in [-0.2, 0) is 0 Å². The number of benzene rings is 8. The molecule has 50 heavy (non-hydrogen) atoms. The van der Waals surface area contributed by atoms with Crippen LogP contribution in [0.15, 0.2) is 188 Å². The Bertz CT molecular complexity index is 2640. The topological polar surface area (TPSA) is 38.7 Å². The van der Waals surface area contributed by atoms with Crippen molar-refractivity contribution in [2.45, 2.75) is 0 Å². The number of nitrogens with zero attached hydrogens (tertiary/aromatic N) is 3. The Morgan fingerprint density at radius 3 is 1.20 bits per heavy atom. The zero-order valence-electron chi connectivity index (χ0n) is 27.2. The van der Waals surface area contributed by atoms with Crippen LogP contribution in [0.2, 0.25) is 0 Å². The second-order valence-corrected chi connectivity index (χ2v) is 12.4. The summed E-state index contributed by atoms with van der Waals surface area (Å²) in [6.07, 6.45) is 0. The minimum Gasteiger partial charge on any atom is -0.208 e. The summed E-state index contributed by atoms with van der Waals surface area (Å²) < 4.78 is 0. The van der Waals surface area contributed by atoms with E-state index < -0.39 is 0 Å². The number of hydrogen-bond donors (Lipinski definition) is 0. The van der Waals surface area contributed by atoms with Crippen LogP contribution >= 0.6 is 0 Å². The highest BCUT2D eigenvalue weighted by atomic mass is 15.0. The fraction of sp³-hybridized carbons (Fsp3) is 0. The monoisotopic (exact) mass is 637 g/mol. The van der Waals surface area contributed by atoms with E-state index in [2.05, 4.69) is 158 Å². The maximum Gasteiger partial charge on any atom is 0.164 e. The van der Waals surface area contributed by atoms with Crippen LogP contribution in [0.3, 0.4) is 0 Å². The van der Waals surface area contributed by atoms with Crippen LogP contribution in [-0.4, -0.2) is 15.0 Å². The highest BCUT2D eigenvalue weighted by Gasteiger charge is 2.15. The summed E-state index contributed by atoms with van der Waals surface area (Å²) in [4.78, 5) is 15.2. The summed E-state index contributed by atoms with van der Waals surface area (Å²) in [5, 5.41) is 4.86. The molecule has 3 nitrogen and oxygen atoms in total. The number of aromatic nitrogens is 3. The molecule has 0 bridgehead atoms. The van der Waals surface area contributed by atoms with Gasteiger partial charge in [-0.2, -0.15) is 0 Å². The zero-order chi connectivity index (χ0) is 33.3. The van der Waals surface area contributed by atoms with Crippen molar-refractivity contribution in [2.75, 3.05) is 0 Å². The van der Waals surface area contributed by atoms with Crippen LogP contribution in [0.5, 0.6) is 0 Å². The second-order valence-electron chi connectivity index (χ2n) is 12.4. The fourth-order valence-corrected chi connectivity index (χ4v) is 6.91. The quantitative estimate of drug-likeness (QED) is 0.182. The minimum absolute atomic E-state index is 0.636. The summed E-state index contributed by atoms with van der Waals surface area (Å²) in [5.41, 5.74) is 9.83. The number of fused-ring (bicyclic) bond motifs is 2. The van der Waals surface area contributed by atoms with E-state index in [1.807, 2.05) is 30.3 Å². The van der Waals surface area contributed by atoms with Gasteiger partial charge in [0, 0.05) is 16.7 Å². The first-order chi connectivity index (χ1) is 24.8. The molecule has 0 aliphatic carbocycles. The predicted molar refractivity (Wildman–Crippen MR) is 207 cm³/mol. The van der Waals surface area contributed by atoms with Gasteiger partial charge in [0.25, 0.3) is 0 Å². The molecule has 0 N–H and O–H groups in total. The Kier molecular flexibility index (Phi) is 7.49. The van der Waals surface area contributed by atoms with Crippen molar-refractivity contribution in [2.24, 2.45) is 0 Å². The van der Waals surface area contributed by atoms with E-state index in [-0.39, 0.29) is 0 Å². The molecule has 9 aromatic rings. The molecule has 0 spiro atoms. The highest BCUT2D eigenvalue weighted by Crippen LogP contribution is 2.37. The van der Waals surface area contributed by atoms with Gasteiger partial charge in [-0.25, -0.2) is 15.0 Å². The molecule has 0 fully saturated rings. The summed E-state index contributed by atoms with van der Waals surface area (Å²) in [6, 6.07) is 65.8. The lowest BCUT2D eigenvalue weighted by atomic mass is 9.92. The van der Waals surface area contributed by atoms with Gasteiger partial charge in [0.1, 0.15) is 0 Å². The predicted octanol–water partition coefficient (Wildman–Crippen LogP) is 12.2. The van der Waals surface area contributed by atoms with Crippen molar-refractivity contribution in [3.63, 3.8) is 0 Å². The molecule has 0 radical (unpaired) electrons. The van der Waals surface area contributed by atoms with Gasteiger partial charge in [0.15, 0.2) is 17.5 Å². The van der Waals surface area contributed by atoms with Crippen molar-refractivity contribution >= 4 is 21.5 Å². The first-order valence-electron chi connectivity index (χ1n) is 16.9. The first kappa shape index (κ1) is 29.4. The van der Waals surface area contributed by atoms with Gasteiger partial charge in [0.2, 0.25) is 0 Å². The molecule has 8 aromatic carbocycles. The average Bonchev–Trinajstić information content (AvgIpc) is 3.21. The third-order valence-corrected chi connectivity index (χ3v) is 9.33. The smallest absolute Gasteiger partial charge is 0.164 e. The SMILES string of the molecule is c1ccc(-c2nc(-c3cccc(-c4cccc5ccccc45)c3)nc(-c3cccc(-c4cccc5c(-c6ccccc6)cccc45)c3)n2)cc1. The van der Waals surface area contributed by atoms with Gasteiger partial charge in [-0.05, 0) is 67.1 Å². The van der Waals surface area contributed by atoms with Crippen molar-refractivity contribution in [1.29, 1.82) is 0 Å². The van der Waals surface area contributed by atoms with Crippen molar-refractivity contribution < 1.29 is 0 Å². The Balaban J connectivity index is 1.17. The third-order valence-electron chi connectivity index (χ3n) is 9.33. The molecule has 0 aliphatic rings. The maximum absolute atomic E-state index is 5.13. The molecule has 234 valence electrons. The van der Waals surface area contributed by atoms with E-state index in [1.54, 1.807) is 0 Å². The van der Waals surface area contributed by atoms with E-state index in [4.69, 9.17) is 15.0 Å². The molecule has 3 heteroatoms. The van der Waals surface area contributed by atoms with Crippen LogP contribution < -0.4 is 0 Å². The first-order valence-corrected chi connectivity index (χ1v) is 16.9. The molecule has 0 atom stereocenters. The molecule has 1 aromatic heterocycles. The molecule has 1 heterocycles. The Labute approximate surface area is 291 Å². The molecule has 0 saturated heterocycles. The lowest BCUT2D eigenvalue weighted by Gasteiger charge is -2.13. The van der Waals surface area contributed by atoms with Crippen molar-refractivity contribution in [1.82, 2.24) is 15.0 Å². The number of rotatable bonds is 6. The lowest BCUT2D eigenvalue weighted by Crippen LogP contribution is -2.00. The molecule has 0 aliphatic heterocycles. The van der Waals surface area contributed by atoms with Crippen molar-refractivity contribution in [3.8, 4) is 67.5 Å². The molecular weight excluding hydrogens is 607 g/mol. The van der Waals surface area contributed by atoms with Crippen LogP contribution in [0.4, 0.5) is 0 Å². The molecule has 0 amide bonds. The number of hydrogen-bond acceptors (Lipinski definition) is 3. The molecule has 9 rings (SSSR count). The lowest BCUT2D eigenvalue weighted by molar-refractivity contribution is 1.07. The van der Waals surface area contributed by atoms with Crippen LogP contribution in [0.1, 0.15) is 0 Å². The van der Waals surface area contributed by atoms with Crippen LogP contribution in [0, 0.1) is 0 Å². The zero-order valence-corrected chi connectivity index (χ0v) is 27.2. The van der Waals surface area contributed by atoms with Gasteiger partial charge in [0.05, 0.1) is 0 Å². The molecule has 0 saturated carbocycles. The van der Waals surface area contributed by atoms with Gasteiger partial charge < -0.3 is 0 Å². The third kappa shape index (κ3) is 5.51. The van der Waals surface area contributed by atoms with Crippen LogP contribution in [0.25, 0.3) is 89.1 Å².